The van der Waals surface area contributed by atoms with E-state index < -0.39 is 16.1 Å². The van der Waals surface area contributed by atoms with Crippen molar-refractivity contribution in [1.29, 1.82) is 0 Å². The molecule has 3 aromatic rings. The predicted octanol–water partition coefficient (Wildman–Crippen LogP) is 3.10. The lowest BCUT2D eigenvalue weighted by atomic mass is 10.1. The third-order valence-electron chi connectivity index (χ3n) is 5.96. The molecule has 0 bridgehead atoms. The van der Waals surface area contributed by atoms with E-state index in [1.807, 2.05) is 14.1 Å². The molecule has 0 saturated carbocycles. The Labute approximate surface area is 210 Å². The lowest BCUT2D eigenvalue weighted by molar-refractivity contribution is -0.119. The maximum Gasteiger partial charge on any atom is 0.245 e. The summed E-state index contributed by atoms with van der Waals surface area (Å²) in [7, 11) is 1.46. The first-order chi connectivity index (χ1) is 16.5. The van der Waals surface area contributed by atoms with Crippen molar-refractivity contribution in [2.75, 3.05) is 44.0 Å². The van der Waals surface area contributed by atoms with Gasteiger partial charge in [-0.15, -0.1) is 0 Å². The van der Waals surface area contributed by atoms with Crippen LogP contribution in [0, 0.1) is 0 Å². The Bertz CT molecular complexity index is 1380. The third kappa shape index (κ3) is 5.48. The van der Waals surface area contributed by atoms with Crippen LogP contribution in [0.2, 0.25) is 5.02 Å². The quantitative estimate of drug-likeness (QED) is 0.523. The minimum Gasteiger partial charge on any atom is -0.314 e. The Kier molecular flexibility index (Phi) is 7.14. The molecule has 10 heteroatoms. The molecule has 1 unspecified atom stereocenters. The highest BCUT2D eigenvalue weighted by molar-refractivity contribution is 7.89. The number of fused-ring (bicyclic) bond motifs is 1. The summed E-state index contributed by atoms with van der Waals surface area (Å²) in [6.45, 7) is 0.673. The number of halogens is 1. The Morgan fingerprint density at radius 3 is 2.37 bits per heavy atom. The Balaban J connectivity index is 1.46. The van der Waals surface area contributed by atoms with E-state index >= 15 is 0 Å². The second-order valence-corrected chi connectivity index (χ2v) is 11.0. The molecule has 1 N–H and O–H groups in total. The van der Waals surface area contributed by atoms with Crippen LogP contribution >= 0.6 is 11.6 Å². The number of rotatable bonds is 7. The highest BCUT2D eigenvalue weighted by atomic mass is 35.5. The average Bonchev–Trinajstić information content (AvgIpc) is 3.17. The minimum absolute atomic E-state index is 0.0498. The molecule has 1 heterocycles. The molecule has 184 valence electrons. The van der Waals surface area contributed by atoms with Crippen molar-refractivity contribution in [3.05, 3.63) is 65.7 Å². The van der Waals surface area contributed by atoms with Gasteiger partial charge in [0.2, 0.25) is 21.8 Å². The molecule has 0 aliphatic carbocycles. The van der Waals surface area contributed by atoms with Crippen molar-refractivity contribution in [3.8, 4) is 0 Å². The number of nitrogens with zero attached hydrogens (tertiary/aromatic N) is 3. The molecule has 0 spiro atoms. The first-order valence-electron chi connectivity index (χ1n) is 11.1. The molecule has 1 saturated heterocycles. The summed E-state index contributed by atoms with van der Waals surface area (Å²) in [6.07, 6.45) is 0.351. The van der Waals surface area contributed by atoms with Gasteiger partial charge in [-0.1, -0.05) is 23.7 Å². The molecule has 1 aliphatic heterocycles. The van der Waals surface area contributed by atoms with E-state index in [9.17, 15) is 18.0 Å². The predicted molar refractivity (Wildman–Crippen MR) is 138 cm³/mol. The fraction of sp³-hybridized carbons (Fsp3) is 0.280. The lowest BCUT2D eigenvalue weighted by Crippen LogP contribution is -2.41. The number of likely N-dealkylation sites (N-methyl/N-ethyl adjacent to an activating group) is 2. The molecule has 0 radical (unpaired) electrons. The van der Waals surface area contributed by atoms with Crippen molar-refractivity contribution in [3.63, 3.8) is 0 Å². The van der Waals surface area contributed by atoms with Gasteiger partial charge in [0, 0.05) is 30.0 Å². The Morgan fingerprint density at radius 1 is 1.03 bits per heavy atom. The second-order valence-electron chi connectivity index (χ2n) is 8.81. The maximum atomic E-state index is 13.0. The average molecular weight is 515 g/mol. The van der Waals surface area contributed by atoms with E-state index in [4.69, 9.17) is 11.6 Å². The maximum absolute atomic E-state index is 13.0. The van der Waals surface area contributed by atoms with Gasteiger partial charge in [-0.05, 0) is 79.8 Å². The van der Waals surface area contributed by atoms with Crippen molar-refractivity contribution < 1.29 is 18.0 Å². The topological polar surface area (TPSA) is 90.0 Å². The van der Waals surface area contributed by atoms with Crippen LogP contribution < -0.4 is 14.5 Å². The monoisotopic (exact) mass is 514 g/mol. The number of nitrogens with one attached hydrogen (secondary N) is 1. The Hall–Kier alpha value is -2.98. The largest absolute Gasteiger partial charge is 0.314 e. The van der Waals surface area contributed by atoms with Crippen molar-refractivity contribution in [2.24, 2.45) is 0 Å². The number of carbonyl (C=O) groups is 2. The van der Waals surface area contributed by atoms with E-state index in [0.29, 0.717) is 29.4 Å². The van der Waals surface area contributed by atoms with E-state index in [-0.39, 0.29) is 23.3 Å². The van der Waals surface area contributed by atoms with Crippen LogP contribution in [0.4, 0.5) is 11.4 Å². The first kappa shape index (κ1) is 25.1. The SMILES string of the molecule is CN(C)CC(=O)N(C)c1ccc(N2CCC(NS(=O)(=O)c3ccc4cc(Cl)ccc4c3)C2=O)cc1. The van der Waals surface area contributed by atoms with Gasteiger partial charge in [0.15, 0.2) is 0 Å². The number of hydrogen-bond donors (Lipinski definition) is 1. The number of benzene rings is 3. The summed E-state index contributed by atoms with van der Waals surface area (Å²) in [5.74, 6) is -0.364. The molecule has 1 atom stereocenters. The lowest BCUT2D eigenvalue weighted by Gasteiger charge is -2.22. The van der Waals surface area contributed by atoms with Gasteiger partial charge in [0.05, 0.1) is 11.4 Å². The molecular formula is C25H27ClN4O4S. The standard InChI is InChI=1S/C25H27ClN4O4S/c1-28(2)16-24(31)29(3)20-7-9-21(10-8-20)30-13-12-23(25(30)32)27-35(33,34)22-11-5-17-14-19(26)6-4-18(17)15-22/h4-11,14-15,23,27H,12-13,16H2,1-3H3. The zero-order chi connectivity index (χ0) is 25.3. The number of carbonyl (C=O) groups excluding carboxylic acids is 2. The van der Waals surface area contributed by atoms with E-state index in [0.717, 1.165) is 10.8 Å². The van der Waals surface area contributed by atoms with Crippen LogP contribution in [-0.2, 0) is 19.6 Å². The third-order valence-corrected chi connectivity index (χ3v) is 7.67. The molecule has 0 aromatic heterocycles. The van der Waals surface area contributed by atoms with Crippen molar-refractivity contribution in [2.45, 2.75) is 17.4 Å². The fourth-order valence-electron chi connectivity index (χ4n) is 4.04. The highest BCUT2D eigenvalue weighted by Gasteiger charge is 2.35. The molecular weight excluding hydrogens is 488 g/mol. The van der Waals surface area contributed by atoms with Gasteiger partial charge < -0.3 is 14.7 Å². The summed E-state index contributed by atoms with van der Waals surface area (Å²) in [4.78, 5) is 30.3. The van der Waals surface area contributed by atoms with Crippen molar-refractivity contribution in [1.82, 2.24) is 9.62 Å². The van der Waals surface area contributed by atoms with Gasteiger partial charge in [0.1, 0.15) is 6.04 Å². The number of sulfonamides is 1. The van der Waals surface area contributed by atoms with Gasteiger partial charge in [-0.25, -0.2) is 8.42 Å². The van der Waals surface area contributed by atoms with Crippen LogP contribution in [0.5, 0.6) is 0 Å². The summed E-state index contributed by atoms with van der Waals surface area (Å²) >= 11 is 6.01. The van der Waals surface area contributed by atoms with Gasteiger partial charge in [0.25, 0.3) is 0 Å². The van der Waals surface area contributed by atoms with Crippen molar-refractivity contribution >= 4 is 55.6 Å². The van der Waals surface area contributed by atoms with Crippen LogP contribution in [0.15, 0.2) is 65.6 Å². The van der Waals surface area contributed by atoms with Crippen LogP contribution in [0.1, 0.15) is 6.42 Å². The van der Waals surface area contributed by atoms with Crippen LogP contribution in [-0.4, -0.2) is 65.4 Å². The fourth-order valence-corrected chi connectivity index (χ4v) is 5.48. The summed E-state index contributed by atoms with van der Waals surface area (Å²) in [5, 5.41) is 2.14. The van der Waals surface area contributed by atoms with Gasteiger partial charge >= 0.3 is 0 Å². The first-order valence-corrected chi connectivity index (χ1v) is 13.0. The number of hydrogen-bond acceptors (Lipinski definition) is 5. The zero-order valence-electron chi connectivity index (χ0n) is 19.7. The molecule has 1 fully saturated rings. The van der Waals surface area contributed by atoms with Gasteiger partial charge in [-0.3, -0.25) is 9.59 Å². The zero-order valence-corrected chi connectivity index (χ0v) is 21.3. The molecule has 1 aliphatic rings. The molecule has 35 heavy (non-hydrogen) atoms. The summed E-state index contributed by atoms with van der Waals surface area (Å²) in [6, 6.07) is 16.2. The van der Waals surface area contributed by atoms with Gasteiger partial charge in [-0.2, -0.15) is 4.72 Å². The normalized spacial score (nSPS) is 16.3. The molecule has 8 nitrogen and oxygen atoms in total. The van der Waals surface area contributed by atoms with E-state index in [2.05, 4.69) is 4.72 Å². The number of amides is 2. The highest BCUT2D eigenvalue weighted by Crippen LogP contribution is 2.27. The molecule has 3 aromatic carbocycles. The molecule has 4 rings (SSSR count). The minimum atomic E-state index is -3.90. The van der Waals surface area contributed by atoms with E-state index in [1.165, 1.54) is 6.07 Å². The summed E-state index contributed by atoms with van der Waals surface area (Å²) in [5.41, 5.74) is 1.36. The molecule has 2 amide bonds. The van der Waals surface area contributed by atoms with E-state index in [1.54, 1.807) is 76.3 Å². The second kappa shape index (κ2) is 9.94. The number of anilines is 2. The van der Waals surface area contributed by atoms with Crippen LogP contribution in [0.3, 0.4) is 0 Å². The Morgan fingerprint density at radius 2 is 1.69 bits per heavy atom. The smallest absolute Gasteiger partial charge is 0.245 e. The summed E-state index contributed by atoms with van der Waals surface area (Å²) < 4.78 is 28.6. The van der Waals surface area contributed by atoms with Crippen LogP contribution in [0.25, 0.3) is 10.8 Å².